The first-order valence-electron chi connectivity index (χ1n) is 6.72. The van der Waals surface area contributed by atoms with E-state index in [1.807, 2.05) is 13.8 Å². The summed E-state index contributed by atoms with van der Waals surface area (Å²) < 4.78 is -0.429. The summed E-state index contributed by atoms with van der Waals surface area (Å²) >= 11 is 1.54. The van der Waals surface area contributed by atoms with Gasteiger partial charge < -0.3 is 10.6 Å². The Kier molecular flexibility index (Phi) is 3.18. The maximum absolute atomic E-state index is 12.9. The van der Waals surface area contributed by atoms with Gasteiger partial charge in [-0.15, -0.1) is 11.8 Å². The predicted octanol–water partition coefficient (Wildman–Crippen LogP) is 1.07. The molecule has 110 valence electrons. The molecule has 6 heteroatoms. The van der Waals surface area contributed by atoms with Crippen molar-refractivity contribution in [3.8, 4) is 0 Å². The predicted molar refractivity (Wildman–Crippen MR) is 80.2 cm³/mol. The quantitative estimate of drug-likeness (QED) is 0.513. The number of β-lactam (4-membered cyclic amide) rings is 1. The summed E-state index contributed by atoms with van der Waals surface area (Å²) in [6, 6.07) is 5.55. The van der Waals surface area contributed by atoms with Gasteiger partial charge in [0, 0.05) is 15.9 Å². The number of fused-ring (bicyclic) bond motifs is 1. The molecule has 0 spiro atoms. The summed E-state index contributed by atoms with van der Waals surface area (Å²) in [4.78, 5) is 37.6. The minimum absolute atomic E-state index is 0.148. The average Bonchev–Trinajstić information content (AvgIpc) is 2.74. The lowest BCUT2D eigenvalue weighted by atomic mass is 9.88. The summed E-state index contributed by atoms with van der Waals surface area (Å²) in [6.45, 7) is 3.87. The van der Waals surface area contributed by atoms with Crippen molar-refractivity contribution in [2.24, 2.45) is 5.73 Å². The van der Waals surface area contributed by atoms with Crippen LogP contribution in [0.15, 0.2) is 24.3 Å². The summed E-state index contributed by atoms with van der Waals surface area (Å²) in [6.07, 6.45) is 0.670. The molecule has 0 aliphatic carbocycles. The van der Waals surface area contributed by atoms with Crippen LogP contribution in [0.4, 0.5) is 0 Å². The van der Waals surface area contributed by atoms with E-state index >= 15 is 0 Å². The lowest BCUT2D eigenvalue weighted by Crippen LogP contribution is -2.68. The fourth-order valence-electron chi connectivity index (χ4n) is 3.04. The number of benzene rings is 1. The molecule has 1 aromatic carbocycles. The first-order valence-corrected chi connectivity index (χ1v) is 7.60. The highest BCUT2D eigenvalue weighted by Crippen LogP contribution is 2.51. The van der Waals surface area contributed by atoms with Gasteiger partial charge in [-0.1, -0.05) is 24.3 Å². The number of nitrogens with zero attached hydrogens (tertiary/aromatic N) is 1. The van der Waals surface area contributed by atoms with Gasteiger partial charge in [0.2, 0.25) is 5.91 Å². The fourth-order valence-corrected chi connectivity index (χ4v) is 4.61. The minimum atomic E-state index is -0.583. The van der Waals surface area contributed by atoms with E-state index in [9.17, 15) is 14.4 Å². The summed E-state index contributed by atoms with van der Waals surface area (Å²) in [5, 5.41) is -0.148. The van der Waals surface area contributed by atoms with Crippen LogP contribution in [-0.4, -0.2) is 45.1 Å². The SMILES string of the molecule is CC1(C)S[C@@H]2[C@H](N)C(=O)N2[C@H]1C(=O)c1ccccc1C=O. The Bertz CT molecular complexity index is 644. The van der Waals surface area contributed by atoms with Crippen LogP contribution in [0.2, 0.25) is 0 Å². The molecule has 0 saturated carbocycles. The molecule has 1 aromatic rings. The highest BCUT2D eigenvalue weighted by Gasteiger charge is 2.62. The molecule has 2 N–H and O–H groups in total. The van der Waals surface area contributed by atoms with Gasteiger partial charge in [0.15, 0.2) is 12.1 Å². The lowest BCUT2D eigenvalue weighted by molar-refractivity contribution is -0.145. The van der Waals surface area contributed by atoms with Crippen LogP contribution in [0, 0.1) is 0 Å². The van der Waals surface area contributed by atoms with Gasteiger partial charge in [-0.25, -0.2) is 0 Å². The van der Waals surface area contributed by atoms with Crippen LogP contribution in [0.25, 0.3) is 0 Å². The van der Waals surface area contributed by atoms with E-state index in [1.165, 1.54) is 0 Å². The number of carbonyl (C=O) groups is 3. The van der Waals surface area contributed by atoms with Gasteiger partial charge in [0.05, 0.1) is 0 Å². The molecule has 3 atom stereocenters. The minimum Gasteiger partial charge on any atom is -0.317 e. The summed E-state index contributed by atoms with van der Waals surface area (Å²) in [5.41, 5.74) is 6.52. The largest absolute Gasteiger partial charge is 0.317 e. The van der Waals surface area contributed by atoms with E-state index in [4.69, 9.17) is 5.73 Å². The number of hydrogen-bond donors (Lipinski definition) is 1. The van der Waals surface area contributed by atoms with E-state index in [2.05, 4.69) is 0 Å². The Hall–Kier alpha value is -1.66. The highest BCUT2D eigenvalue weighted by molar-refractivity contribution is 8.01. The molecule has 0 radical (unpaired) electrons. The fraction of sp³-hybridized carbons (Fsp3) is 0.400. The van der Waals surface area contributed by atoms with Gasteiger partial charge in [0.25, 0.3) is 0 Å². The number of Topliss-reactive ketones (excluding diaryl/α,β-unsaturated/α-hetero) is 1. The first kappa shape index (κ1) is 14.3. The molecule has 0 aromatic heterocycles. The zero-order valence-electron chi connectivity index (χ0n) is 11.8. The topological polar surface area (TPSA) is 80.5 Å². The van der Waals surface area contributed by atoms with Gasteiger partial charge in [-0.3, -0.25) is 14.4 Å². The molecular weight excluding hydrogens is 288 g/mol. The molecule has 2 aliphatic heterocycles. The number of hydrogen-bond acceptors (Lipinski definition) is 5. The number of rotatable bonds is 3. The van der Waals surface area contributed by atoms with E-state index < -0.39 is 16.8 Å². The zero-order valence-corrected chi connectivity index (χ0v) is 12.6. The van der Waals surface area contributed by atoms with Crippen molar-refractivity contribution in [3.63, 3.8) is 0 Å². The van der Waals surface area contributed by atoms with Crippen molar-refractivity contribution in [3.05, 3.63) is 35.4 Å². The van der Waals surface area contributed by atoms with Crippen LogP contribution in [0.1, 0.15) is 34.6 Å². The molecule has 3 rings (SSSR count). The van der Waals surface area contributed by atoms with Crippen molar-refractivity contribution >= 4 is 29.7 Å². The number of carbonyl (C=O) groups excluding carboxylic acids is 3. The Morgan fingerprint density at radius 2 is 2.05 bits per heavy atom. The van der Waals surface area contributed by atoms with Crippen molar-refractivity contribution in [1.82, 2.24) is 4.90 Å². The van der Waals surface area contributed by atoms with Crippen LogP contribution in [0.3, 0.4) is 0 Å². The maximum Gasteiger partial charge on any atom is 0.244 e. The van der Waals surface area contributed by atoms with Gasteiger partial charge in [-0.05, 0) is 13.8 Å². The Labute approximate surface area is 126 Å². The van der Waals surface area contributed by atoms with Crippen molar-refractivity contribution in [2.75, 3.05) is 0 Å². The zero-order chi connectivity index (χ0) is 15.4. The Morgan fingerprint density at radius 1 is 1.38 bits per heavy atom. The average molecular weight is 304 g/mol. The van der Waals surface area contributed by atoms with E-state index in [0.717, 1.165) is 0 Å². The monoisotopic (exact) mass is 304 g/mol. The van der Waals surface area contributed by atoms with Crippen LogP contribution in [0.5, 0.6) is 0 Å². The van der Waals surface area contributed by atoms with Gasteiger partial charge >= 0.3 is 0 Å². The highest BCUT2D eigenvalue weighted by atomic mass is 32.2. The second-order valence-electron chi connectivity index (χ2n) is 5.86. The Balaban J connectivity index is 2.01. The summed E-state index contributed by atoms with van der Waals surface area (Å²) in [5.74, 6) is -0.391. The van der Waals surface area contributed by atoms with Gasteiger partial charge in [0.1, 0.15) is 17.5 Å². The number of amides is 1. The third-order valence-electron chi connectivity index (χ3n) is 4.08. The molecular formula is C15H16N2O3S. The second kappa shape index (κ2) is 4.68. The normalized spacial score (nSPS) is 29.8. The van der Waals surface area contributed by atoms with Crippen LogP contribution >= 0.6 is 11.8 Å². The Morgan fingerprint density at radius 3 is 2.71 bits per heavy atom. The molecule has 2 fully saturated rings. The van der Waals surface area contributed by atoms with Crippen molar-refractivity contribution in [2.45, 2.75) is 36.1 Å². The third-order valence-corrected chi connectivity index (χ3v) is 5.68. The standard InChI is InChI=1S/C15H16N2O3S/c1-15(2)12(17-13(20)10(16)14(17)21-15)11(19)9-6-4-3-5-8(9)7-18/h3-7,10,12,14H,16H2,1-2H3/t10-,12+,14-/m1/s1. The second-order valence-corrected chi connectivity index (χ2v) is 7.63. The molecule has 0 unspecified atom stereocenters. The van der Waals surface area contributed by atoms with Gasteiger partial charge in [-0.2, -0.15) is 0 Å². The number of nitrogens with two attached hydrogens (primary N) is 1. The van der Waals surface area contributed by atoms with E-state index in [1.54, 1.807) is 40.9 Å². The smallest absolute Gasteiger partial charge is 0.244 e. The molecule has 0 bridgehead atoms. The third kappa shape index (κ3) is 1.93. The number of aldehydes is 1. The molecule has 2 saturated heterocycles. The molecule has 21 heavy (non-hydrogen) atoms. The van der Waals surface area contributed by atoms with E-state index in [0.29, 0.717) is 17.4 Å². The first-order chi connectivity index (χ1) is 9.88. The molecule has 2 aliphatic rings. The van der Waals surface area contributed by atoms with Crippen LogP contribution in [-0.2, 0) is 4.79 Å². The molecule has 1 amide bonds. The summed E-state index contributed by atoms with van der Waals surface area (Å²) in [7, 11) is 0. The van der Waals surface area contributed by atoms with Crippen molar-refractivity contribution in [1.29, 1.82) is 0 Å². The van der Waals surface area contributed by atoms with Crippen molar-refractivity contribution < 1.29 is 14.4 Å². The molecule has 5 nitrogen and oxygen atoms in total. The van der Waals surface area contributed by atoms with Crippen LogP contribution < -0.4 is 5.73 Å². The maximum atomic E-state index is 12.9. The molecule has 2 heterocycles. The lowest BCUT2D eigenvalue weighted by Gasteiger charge is -2.42. The number of thioether (sulfide) groups is 1. The van der Waals surface area contributed by atoms with E-state index in [-0.39, 0.29) is 17.1 Å². The number of ketones is 1.